The minimum Gasteiger partial charge on any atom is -0.493 e. The standard InChI is InChI=1S/C15H23NO3/c1-11(16-8-4-5-9-16)15(17)12-6-7-13(18-2)14(10-12)19-3/h6-7,10-11,15,17H,4-5,8-9H2,1-3H3/t11-,15+/m0/s1. The summed E-state index contributed by atoms with van der Waals surface area (Å²) >= 11 is 0. The molecule has 0 unspecified atom stereocenters. The van der Waals surface area contributed by atoms with E-state index in [1.54, 1.807) is 14.2 Å². The molecule has 0 saturated carbocycles. The second kappa shape index (κ2) is 6.26. The summed E-state index contributed by atoms with van der Waals surface area (Å²) in [5, 5.41) is 10.5. The summed E-state index contributed by atoms with van der Waals surface area (Å²) in [6.45, 7) is 4.23. The Bertz CT molecular complexity index is 416. The lowest BCUT2D eigenvalue weighted by Gasteiger charge is -2.28. The highest BCUT2D eigenvalue weighted by Crippen LogP contribution is 2.32. The van der Waals surface area contributed by atoms with Crippen LogP contribution in [-0.4, -0.2) is 43.4 Å². The lowest BCUT2D eigenvalue weighted by molar-refractivity contribution is 0.0713. The molecule has 106 valence electrons. The van der Waals surface area contributed by atoms with Gasteiger partial charge in [0.2, 0.25) is 0 Å². The second-order valence-electron chi connectivity index (χ2n) is 5.04. The fraction of sp³-hybridized carbons (Fsp3) is 0.600. The summed E-state index contributed by atoms with van der Waals surface area (Å²) in [5.74, 6) is 1.35. The first kappa shape index (κ1) is 14.2. The predicted molar refractivity (Wildman–Crippen MR) is 74.8 cm³/mol. The zero-order valence-electron chi connectivity index (χ0n) is 11.9. The molecule has 0 aliphatic carbocycles. The normalized spacial score (nSPS) is 19.2. The third-order valence-corrected chi connectivity index (χ3v) is 3.92. The van der Waals surface area contributed by atoms with E-state index in [0.717, 1.165) is 18.7 Å². The summed E-state index contributed by atoms with van der Waals surface area (Å²) in [6, 6.07) is 5.73. The van der Waals surface area contributed by atoms with E-state index in [-0.39, 0.29) is 6.04 Å². The molecule has 0 bridgehead atoms. The average Bonchev–Trinajstić information content (AvgIpc) is 2.99. The van der Waals surface area contributed by atoms with Crippen molar-refractivity contribution in [2.75, 3.05) is 27.3 Å². The number of aliphatic hydroxyl groups is 1. The Kier molecular flexibility index (Phi) is 4.66. The summed E-state index contributed by atoms with van der Waals surface area (Å²) < 4.78 is 10.5. The van der Waals surface area contributed by atoms with Crippen molar-refractivity contribution in [1.82, 2.24) is 4.90 Å². The van der Waals surface area contributed by atoms with Gasteiger partial charge in [-0.1, -0.05) is 6.07 Å². The van der Waals surface area contributed by atoms with E-state index in [2.05, 4.69) is 11.8 Å². The van der Waals surface area contributed by atoms with Gasteiger partial charge in [-0.2, -0.15) is 0 Å². The van der Waals surface area contributed by atoms with Crippen molar-refractivity contribution >= 4 is 0 Å². The Hall–Kier alpha value is -1.26. The smallest absolute Gasteiger partial charge is 0.161 e. The molecule has 0 spiro atoms. The fourth-order valence-electron chi connectivity index (χ4n) is 2.66. The molecule has 1 aliphatic rings. The molecule has 1 heterocycles. The highest BCUT2D eigenvalue weighted by molar-refractivity contribution is 5.43. The zero-order valence-corrected chi connectivity index (χ0v) is 11.9. The van der Waals surface area contributed by atoms with Crippen molar-refractivity contribution in [3.05, 3.63) is 23.8 Å². The number of hydrogen-bond donors (Lipinski definition) is 1. The number of benzene rings is 1. The lowest BCUT2D eigenvalue weighted by Crippen LogP contribution is -2.35. The van der Waals surface area contributed by atoms with Crippen molar-refractivity contribution in [1.29, 1.82) is 0 Å². The number of methoxy groups -OCH3 is 2. The molecule has 1 aromatic rings. The summed E-state index contributed by atoms with van der Waals surface area (Å²) in [5.41, 5.74) is 0.872. The van der Waals surface area contributed by atoms with Crippen molar-refractivity contribution < 1.29 is 14.6 Å². The number of aliphatic hydroxyl groups excluding tert-OH is 1. The van der Waals surface area contributed by atoms with E-state index in [0.29, 0.717) is 11.5 Å². The first-order valence-corrected chi connectivity index (χ1v) is 6.81. The Morgan fingerprint density at radius 3 is 2.32 bits per heavy atom. The van der Waals surface area contributed by atoms with E-state index in [1.807, 2.05) is 18.2 Å². The van der Waals surface area contributed by atoms with Gasteiger partial charge >= 0.3 is 0 Å². The quantitative estimate of drug-likeness (QED) is 0.886. The van der Waals surface area contributed by atoms with E-state index < -0.39 is 6.10 Å². The van der Waals surface area contributed by atoms with E-state index in [9.17, 15) is 5.11 Å². The monoisotopic (exact) mass is 265 g/mol. The second-order valence-corrected chi connectivity index (χ2v) is 5.04. The lowest BCUT2D eigenvalue weighted by atomic mass is 10.0. The molecule has 0 amide bonds. The predicted octanol–water partition coefficient (Wildman–Crippen LogP) is 2.22. The van der Waals surface area contributed by atoms with Gasteiger partial charge in [-0.15, -0.1) is 0 Å². The first-order valence-electron chi connectivity index (χ1n) is 6.81. The number of hydrogen-bond acceptors (Lipinski definition) is 4. The number of nitrogens with zero attached hydrogens (tertiary/aromatic N) is 1. The number of rotatable bonds is 5. The highest BCUT2D eigenvalue weighted by Gasteiger charge is 2.25. The minimum atomic E-state index is -0.502. The zero-order chi connectivity index (χ0) is 13.8. The van der Waals surface area contributed by atoms with E-state index in [1.165, 1.54) is 12.8 Å². The van der Waals surface area contributed by atoms with Crippen LogP contribution in [0.15, 0.2) is 18.2 Å². The Labute approximate surface area is 114 Å². The molecule has 0 radical (unpaired) electrons. The van der Waals surface area contributed by atoms with Crippen LogP contribution < -0.4 is 9.47 Å². The molecule has 1 N–H and O–H groups in total. The SMILES string of the molecule is COc1ccc([C@H](O)[C@H](C)N2CCCC2)cc1OC. The van der Waals surface area contributed by atoms with Crippen LogP contribution in [0.5, 0.6) is 11.5 Å². The van der Waals surface area contributed by atoms with E-state index >= 15 is 0 Å². The molecule has 1 saturated heterocycles. The van der Waals surface area contributed by atoms with Crippen LogP contribution in [-0.2, 0) is 0 Å². The fourth-order valence-corrected chi connectivity index (χ4v) is 2.66. The van der Waals surface area contributed by atoms with Crippen molar-refractivity contribution in [2.45, 2.75) is 31.9 Å². The van der Waals surface area contributed by atoms with Crippen molar-refractivity contribution in [2.24, 2.45) is 0 Å². The molecular weight excluding hydrogens is 242 g/mol. The third-order valence-electron chi connectivity index (χ3n) is 3.92. The average molecular weight is 265 g/mol. The first-order chi connectivity index (χ1) is 9.17. The topological polar surface area (TPSA) is 41.9 Å². The Balaban J connectivity index is 2.15. The summed E-state index contributed by atoms with van der Waals surface area (Å²) in [6.07, 6.45) is 1.95. The third kappa shape index (κ3) is 3.01. The maximum absolute atomic E-state index is 10.5. The highest BCUT2D eigenvalue weighted by atomic mass is 16.5. The van der Waals surface area contributed by atoms with Crippen LogP contribution in [0.1, 0.15) is 31.4 Å². The van der Waals surface area contributed by atoms with Crippen LogP contribution in [0.3, 0.4) is 0 Å². The van der Waals surface area contributed by atoms with Gasteiger partial charge in [0, 0.05) is 6.04 Å². The van der Waals surface area contributed by atoms with Crippen LogP contribution in [0.2, 0.25) is 0 Å². The van der Waals surface area contributed by atoms with Crippen LogP contribution >= 0.6 is 0 Å². The van der Waals surface area contributed by atoms with Crippen LogP contribution in [0.4, 0.5) is 0 Å². The van der Waals surface area contributed by atoms with Crippen LogP contribution in [0, 0.1) is 0 Å². The summed E-state index contributed by atoms with van der Waals surface area (Å²) in [4.78, 5) is 2.33. The van der Waals surface area contributed by atoms with Crippen molar-refractivity contribution in [3.63, 3.8) is 0 Å². The van der Waals surface area contributed by atoms with Gasteiger partial charge in [0.25, 0.3) is 0 Å². The maximum atomic E-state index is 10.5. The molecule has 4 heteroatoms. The summed E-state index contributed by atoms with van der Waals surface area (Å²) in [7, 11) is 3.22. The number of ether oxygens (including phenoxy) is 2. The molecule has 1 fully saturated rings. The molecule has 4 nitrogen and oxygen atoms in total. The molecule has 2 atom stereocenters. The van der Waals surface area contributed by atoms with Gasteiger partial charge in [-0.05, 0) is 50.6 Å². The van der Waals surface area contributed by atoms with Crippen molar-refractivity contribution in [3.8, 4) is 11.5 Å². The molecule has 2 rings (SSSR count). The molecule has 19 heavy (non-hydrogen) atoms. The number of likely N-dealkylation sites (tertiary alicyclic amines) is 1. The molecular formula is C15H23NO3. The van der Waals surface area contributed by atoms with Gasteiger partial charge < -0.3 is 14.6 Å². The van der Waals surface area contributed by atoms with Gasteiger partial charge in [0.05, 0.1) is 20.3 Å². The van der Waals surface area contributed by atoms with Gasteiger partial charge in [0.1, 0.15) is 0 Å². The van der Waals surface area contributed by atoms with Gasteiger partial charge in [-0.25, -0.2) is 0 Å². The minimum absolute atomic E-state index is 0.126. The molecule has 0 aromatic heterocycles. The van der Waals surface area contributed by atoms with Gasteiger partial charge in [-0.3, -0.25) is 4.90 Å². The van der Waals surface area contributed by atoms with Gasteiger partial charge in [0.15, 0.2) is 11.5 Å². The molecule has 1 aromatic carbocycles. The largest absolute Gasteiger partial charge is 0.493 e. The van der Waals surface area contributed by atoms with Crippen LogP contribution in [0.25, 0.3) is 0 Å². The Morgan fingerprint density at radius 2 is 1.74 bits per heavy atom. The maximum Gasteiger partial charge on any atom is 0.161 e. The van der Waals surface area contributed by atoms with E-state index in [4.69, 9.17) is 9.47 Å². The molecule has 1 aliphatic heterocycles. The Morgan fingerprint density at radius 1 is 1.11 bits per heavy atom.